The Hall–Kier alpha value is -1.50. The van der Waals surface area contributed by atoms with Crippen molar-refractivity contribution in [2.24, 2.45) is 5.84 Å². The number of halogens is 1. The molecule has 0 saturated carbocycles. The zero-order valence-corrected chi connectivity index (χ0v) is 11.3. The van der Waals surface area contributed by atoms with E-state index in [9.17, 15) is 0 Å². The van der Waals surface area contributed by atoms with Crippen LogP contribution in [0.3, 0.4) is 0 Å². The van der Waals surface area contributed by atoms with Crippen molar-refractivity contribution < 1.29 is 0 Å². The minimum atomic E-state index is -0.0811. The highest BCUT2D eigenvalue weighted by molar-refractivity contribution is 9.10. The molecule has 0 radical (unpaired) electrons. The SMILES string of the molecule is NNC(Cc1ccnc(N)c1)c1ncccc1Br. The van der Waals surface area contributed by atoms with Crippen molar-refractivity contribution in [3.63, 3.8) is 0 Å². The molecule has 0 bridgehead atoms. The van der Waals surface area contributed by atoms with Crippen LogP contribution in [0.5, 0.6) is 0 Å². The minimum absolute atomic E-state index is 0.0811. The Morgan fingerprint density at radius 3 is 2.78 bits per heavy atom. The molecule has 0 aliphatic heterocycles. The number of nitrogens with one attached hydrogen (secondary N) is 1. The monoisotopic (exact) mass is 307 g/mol. The molecule has 0 amide bonds. The maximum absolute atomic E-state index is 5.66. The predicted molar refractivity (Wildman–Crippen MR) is 74.4 cm³/mol. The van der Waals surface area contributed by atoms with E-state index < -0.39 is 0 Å². The Labute approximate surface area is 114 Å². The molecule has 5 nitrogen and oxygen atoms in total. The number of hydrazine groups is 1. The first-order valence-corrected chi connectivity index (χ1v) is 6.27. The number of hydrogen-bond acceptors (Lipinski definition) is 5. The average Bonchev–Trinajstić information content (AvgIpc) is 2.37. The van der Waals surface area contributed by atoms with Crippen LogP contribution in [0.1, 0.15) is 17.3 Å². The van der Waals surface area contributed by atoms with E-state index in [1.54, 1.807) is 12.4 Å². The molecule has 0 fully saturated rings. The smallest absolute Gasteiger partial charge is 0.123 e. The van der Waals surface area contributed by atoms with Gasteiger partial charge in [-0.25, -0.2) is 4.98 Å². The standard InChI is InChI=1S/C12H14BrN5/c13-9-2-1-4-17-12(9)10(18-15)6-8-3-5-16-11(14)7-8/h1-5,7,10,18H,6,15H2,(H2,14,16). The Morgan fingerprint density at radius 1 is 1.28 bits per heavy atom. The molecule has 2 aromatic heterocycles. The van der Waals surface area contributed by atoms with Crippen molar-refractivity contribution in [2.45, 2.75) is 12.5 Å². The number of nitrogens with zero attached hydrogens (tertiary/aromatic N) is 2. The van der Waals surface area contributed by atoms with E-state index in [0.29, 0.717) is 12.2 Å². The Bertz CT molecular complexity index is 531. The first-order chi connectivity index (χ1) is 8.70. The molecule has 6 heteroatoms. The molecule has 94 valence electrons. The van der Waals surface area contributed by atoms with Crippen molar-refractivity contribution in [1.29, 1.82) is 0 Å². The van der Waals surface area contributed by atoms with E-state index in [0.717, 1.165) is 15.7 Å². The maximum Gasteiger partial charge on any atom is 0.123 e. The van der Waals surface area contributed by atoms with Crippen molar-refractivity contribution in [3.8, 4) is 0 Å². The number of pyridine rings is 2. The third kappa shape index (κ3) is 3.04. The van der Waals surface area contributed by atoms with E-state index in [-0.39, 0.29) is 6.04 Å². The molecule has 1 atom stereocenters. The quantitative estimate of drug-likeness (QED) is 0.589. The van der Waals surface area contributed by atoms with Crippen LogP contribution in [0.25, 0.3) is 0 Å². The van der Waals surface area contributed by atoms with Gasteiger partial charge in [-0.2, -0.15) is 0 Å². The number of rotatable bonds is 4. The van der Waals surface area contributed by atoms with Crippen LogP contribution in [0, 0.1) is 0 Å². The molecule has 2 rings (SSSR count). The topological polar surface area (TPSA) is 89.8 Å². The zero-order valence-electron chi connectivity index (χ0n) is 9.68. The minimum Gasteiger partial charge on any atom is -0.384 e. The summed E-state index contributed by atoms with van der Waals surface area (Å²) in [4.78, 5) is 8.30. The molecule has 0 aliphatic rings. The maximum atomic E-state index is 5.66. The molecule has 1 unspecified atom stereocenters. The van der Waals surface area contributed by atoms with Crippen LogP contribution < -0.4 is 17.0 Å². The van der Waals surface area contributed by atoms with Gasteiger partial charge >= 0.3 is 0 Å². The lowest BCUT2D eigenvalue weighted by Gasteiger charge is -2.16. The number of hydrogen-bond donors (Lipinski definition) is 3. The Balaban J connectivity index is 2.23. The van der Waals surface area contributed by atoms with Crippen LogP contribution in [0.4, 0.5) is 5.82 Å². The highest BCUT2D eigenvalue weighted by Gasteiger charge is 2.15. The third-order valence-corrected chi connectivity index (χ3v) is 3.27. The van der Waals surface area contributed by atoms with Crippen molar-refractivity contribution >= 4 is 21.7 Å². The first kappa shape index (κ1) is 12.9. The number of anilines is 1. The van der Waals surface area contributed by atoms with Gasteiger partial charge in [0.1, 0.15) is 5.82 Å². The lowest BCUT2D eigenvalue weighted by molar-refractivity contribution is 0.536. The van der Waals surface area contributed by atoms with Crippen LogP contribution in [-0.2, 0) is 6.42 Å². The highest BCUT2D eigenvalue weighted by atomic mass is 79.9. The second kappa shape index (κ2) is 5.90. The Kier molecular flexibility index (Phi) is 4.24. The highest BCUT2D eigenvalue weighted by Crippen LogP contribution is 2.23. The summed E-state index contributed by atoms with van der Waals surface area (Å²) in [6, 6.07) is 7.47. The van der Waals surface area contributed by atoms with Gasteiger partial charge in [0, 0.05) is 16.9 Å². The summed E-state index contributed by atoms with van der Waals surface area (Å²) in [6.07, 6.45) is 4.12. The lowest BCUT2D eigenvalue weighted by Crippen LogP contribution is -2.30. The average molecular weight is 308 g/mol. The molecule has 0 spiro atoms. The van der Waals surface area contributed by atoms with Gasteiger partial charge in [-0.15, -0.1) is 0 Å². The van der Waals surface area contributed by atoms with Crippen molar-refractivity contribution in [1.82, 2.24) is 15.4 Å². The Morgan fingerprint density at radius 2 is 2.11 bits per heavy atom. The van der Waals surface area contributed by atoms with E-state index >= 15 is 0 Å². The fraction of sp³-hybridized carbons (Fsp3) is 0.167. The van der Waals surface area contributed by atoms with Gasteiger partial charge in [0.15, 0.2) is 0 Å². The van der Waals surface area contributed by atoms with Gasteiger partial charge < -0.3 is 5.73 Å². The number of nitrogens with two attached hydrogens (primary N) is 2. The first-order valence-electron chi connectivity index (χ1n) is 5.47. The normalized spacial score (nSPS) is 12.3. The largest absolute Gasteiger partial charge is 0.384 e. The van der Waals surface area contributed by atoms with E-state index in [4.69, 9.17) is 11.6 Å². The summed E-state index contributed by atoms with van der Waals surface area (Å²) in [7, 11) is 0. The van der Waals surface area contributed by atoms with Crippen molar-refractivity contribution in [3.05, 3.63) is 52.4 Å². The van der Waals surface area contributed by atoms with Gasteiger partial charge in [-0.05, 0) is 52.2 Å². The third-order valence-electron chi connectivity index (χ3n) is 2.60. The van der Waals surface area contributed by atoms with Gasteiger partial charge in [-0.3, -0.25) is 16.3 Å². The van der Waals surface area contributed by atoms with Gasteiger partial charge in [0.2, 0.25) is 0 Å². The van der Waals surface area contributed by atoms with Crippen molar-refractivity contribution in [2.75, 3.05) is 5.73 Å². The zero-order chi connectivity index (χ0) is 13.0. The summed E-state index contributed by atoms with van der Waals surface area (Å²) in [5, 5.41) is 0. The van der Waals surface area contributed by atoms with E-state index in [1.807, 2.05) is 24.3 Å². The second-order valence-electron chi connectivity index (χ2n) is 3.88. The summed E-state index contributed by atoms with van der Waals surface area (Å²) in [6.45, 7) is 0. The van der Waals surface area contributed by atoms with Crippen LogP contribution >= 0.6 is 15.9 Å². The molecule has 5 N–H and O–H groups in total. The summed E-state index contributed by atoms with van der Waals surface area (Å²) in [5.74, 6) is 6.10. The molecule has 0 aliphatic carbocycles. The summed E-state index contributed by atoms with van der Waals surface area (Å²) < 4.78 is 0.926. The van der Waals surface area contributed by atoms with E-state index in [2.05, 4.69) is 31.3 Å². The molecule has 0 saturated heterocycles. The van der Waals surface area contributed by atoms with Gasteiger partial charge in [-0.1, -0.05) is 0 Å². The molecule has 2 heterocycles. The molecular weight excluding hydrogens is 294 g/mol. The lowest BCUT2D eigenvalue weighted by atomic mass is 10.0. The summed E-state index contributed by atoms with van der Waals surface area (Å²) >= 11 is 3.47. The molecular formula is C12H14BrN5. The fourth-order valence-electron chi connectivity index (χ4n) is 1.75. The fourth-order valence-corrected chi connectivity index (χ4v) is 2.28. The van der Waals surface area contributed by atoms with Crippen LogP contribution in [0.2, 0.25) is 0 Å². The summed E-state index contributed by atoms with van der Waals surface area (Å²) in [5.41, 5.74) is 10.4. The molecule has 18 heavy (non-hydrogen) atoms. The van der Waals surface area contributed by atoms with E-state index in [1.165, 1.54) is 0 Å². The molecule has 2 aromatic rings. The second-order valence-corrected chi connectivity index (χ2v) is 4.74. The number of aromatic nitrogens is 2. The van der Waals surface area contributed by atoms with Crippen LogP contribution in [-0.4, -0.2) is 9.97 Å². The van der Waals surface area contributed by atoms with Crippen LogP contribution in [0.15, 0.2) is 41.1 Å². The van der Waals surface area contributed by atoms with Gasteiger partial charge in [0.25, 0.3) is 0 Å². The van der Waals surface area contributed by atoms with Gasteiger partial charge in [0.05, 0.1) is 11.7 Å². The number of nitrogen functional groups attached to an aromatic ring is 1. The molecule has 0 aromatic carbocycles. The predicted octanol–water partition coefficient (Wildman–Crippen LogP) is 1.57.